The van der Waals surface area contributed by atoms with E-state index in [1.807, 2.05) is 36.4 Å². The summed E-state index contributed by atoms with van der Waals surface area (Å²) in [4.78, 5) is 23.5. The van der Waals surface area contributed by atoms with Crippen LogP contribution < -0.4 is 10.1 Å². The van der Waals surface area contributed by atoms with Crippen molar-refractivity contribution < 1.29 is 23.8 Å². The molecule has 0 saturated carbocycles. The summed E-state index contributed by atoms with van der Waals surface area (Å²) < 4.78 is 18.5. The number of carboxylic acid groups (broad SMARTS) is 1. The summed E-state index contributed by atoms with van der Waals surface area (Å²) in [6, 6.07) is 14.7. The zero-order valence-corrected chi connectivity index (χ0v) is 15.3. The highest BCUT2D eigenvalue weighted by Gasteiger charge is 2.13. The second-order valence-corrected chi connectivity index (χ2v) is 6.24. The molecule has 2 N–H and O–H groups in total. The number of carboxylic acids is 1. The highest BCUT2D eigenvalue weighted by molar-refractivity contribution is 6.07. The molecule has 0 saturated heterocycles. The topological polar surface area (TPSA) is 75.6 Å². The van der Waals surface area contributed by atoms with E-state index >= 15 is 0 Å². The summed E-state index contributed by atoms with van der Waals surface area (Å²) in [5, 5.41) is 13.7. The van der Waals surface area contributed by atoms with Crippen molar-refractivity contribution in [3.63, 3.8) is 0 Å². The van der Waals surface area contributed by atoms with Gasteiger partial charge in [0.15, 0.2) is 0 Å². The number of rotatable bonds is 5. The lowest BCUT2D eigenvalue weighted by Crippen LogP contribution is -2.12. The molecule has 3 aromatic carbocycles. The van der Waals surface area contributed by atoms with E-state index in [4.69, 9.17) is 9.84 Å². The molecule has 0 aromatic heterocycles. The molecular weight excluding hydrogens is 361 g/mol. The zero-order valence-electron chi connectivity index (χ0n) is 15.3. The lowest BCUT2D eigenvalue weighted by atomic mass is 10.0. The minimum atomic E-state index is -1.32. The van der Waals surface area contributed by atoms with Gasteiger partial charge in [-0.1, -0.05) is 18.2 Å². The first-order chi connectivity index (χ1) is 13.4. The number of amides is 1. The van der Waals surface area contributed by atoms with E-state index in [0.29, 0.717) is 5.57 Å². The average Bonchev–Trinajstić information content (AvgIpc) is 2.68. The van der Waals surface area contributed by atoms with Crippen LogP contribution in [-0.2, 0) is 4.79 Å². The predicted molar refractivity (Wildman–Crippen MR) is 106 cm³/mol. The maximum absolute atomic E-state index is 13.3. The number of ether oxygens (including phenoxy) is 1. The van der Waals surface area contributed by atoms with Crippen molar-refractivity contribution in [3.05, 3.63) is 77.6 Å². The second-order valence-electron chi connectivity index (χ2n) is 6.24. The molecule has 28 heavy (non-hydrogen) atoms. The van der Waals surface area contributed by atoms with Gasteiger partial charge in [0, 0.05) is 6.08 Å². The monoisotopic (exact) mass is 379 g/mol. The Kier molecular flexibility index (Phi) is 5.40. The maximum atomic E-state index is 13.3. The van der Waals surface area contributed by atoms with Gasteiger partial charge in [-0.15, -0.1) is 0 Å². The van der Waals surface area contributed by atoms with Crippen LogP contribution in [0.15, 0.2) is 60.7 Å². The minimum Gasteiger partial charge on any atom is -0.497 e. The van der Waals surface area contributed by atoms with Crippen molar-refractivity contribution >= 4 is 33.9 Å². The summed E-state index contributed by atoms with van der Waals surface area (Å²) in [6.07, 6.45) is 1.37. The molecule has 0 atom stereocenters. The van der Waals surface area contributed by atoms with E-state index in [0.717, 1.165) is 34.2 Å². The molecule has 0 fully saturated rings. The molecule has 0 aliphatic carbocycles. The van der Waals surface area contributed by atoms with Gasteiger partial charge in [0.05, 0.1) is 18.4 Å². The molecule has 0 bridgehead atoms. The van der Waals surface area contributed by atoms with Gasteiger partial charge >= 0.3 is 5.97 Å². The Balaban J connectivity index is 1.84. The number of carbonyl (C=O) groups excluding carboxylic acids is 1. The van der Waals surface area contributed by atoms with E-state index in [9.17, 15) is 14.0 Å². The second kappa shape index (κ2) is 7.92. The van der Waals surface area contributed by atoms with Crippen molar-refractivity contribution in [1.82, 2.24) is 0 Å². The van der Waals surface area contributed by atoms with Gasteiger partial charge in [-0.25, -0.2) is 9.18 Å². The SMILES string of the molecule is COc1ccc2cc(/C(C)=C\C(=O)Nc3ccc(F)cc3C(=O)O)ccc2c1. The van der Waals surface area contributed by atoms with Crippen molar-refractivity contribution in [3.8, 4) is 5.75 Å². The molecule has 1 amide bonds. The lowest BCUT2D eigenvalue weighted by Gasteiger charge is -2.08. The fraction of sp³-hybridized carbons (Fsp3) is 0.0909. The third kappa shape index (κ3) is 4.17. The zero-order chi connectivity index (χ0) is 20.3. The van der Waals surface area contributed by atoms with Gasteiger partial charge in [0.2, 0.25) is 5.91 Å². The van der Waals surface area contributed by atoms with Crippen LogP contribution in [0.2, 0.25) is 0 Å². The van der Waals surface area contributed by atoms with Crippen molar-refractivity contribution in [2.45, 2.75) is 6.92 Å². The molecule has 3 aromatic rings. The standard InChI is InChI=1S/C22H18FNO4/c1-13(14-3-4-16-11-18(28-2)7-5-15(16)10-14)9-21(25)24-20-8-6-17(23)12-19(20)22(26)27/h3-12H,1-2H3,(H,24,25)(H,26,27)/b13-9-. The maximum Gasteiger partial charge on any atom is 0.337 e. The predicted octanol–water partition coefficient (Wildman–Crippen LogP) is 4.73. The largest absolute Gasteiger partial charge is 0.497 e. The number of carbonyl (C=O) groups is 2. The third-order valence-corrected chi connectivity index (χ3v) is 4.32. The first-order valence-electron chi connectivity index (χ1n) is 8.47. The van der Waals surface area contributed by atoms with Crippen LogP contribution >= 0.6 is 0 Å². The fourth-order valence-corrected chi connectivity index (χ4v) is 2.85. The average molecular weight is 379 g/mol. The van der Waals surface area contributed by atoms with Gasteiger partial charge in [-0.05, 0) is 65.2 Å². The van der Waals surface area contributed by atoms with Gasteiger partial charge in [-0.3, -0.25) is 4.79 Å². The van der Waals surface area contributed by atoms with Crippen LogP contribution in [0.1, 0.15) is 22.8 Å². The Hall–Kier alpha value is -3.67. The molecule has 142 valence electrons. The number of allylic oxidation sites excluding steroid dienone is 1. The number of anilines is 1. The van der Waals surface area contributed by atoms with Gasteiger partial charge in [-0.2, -0.15) is 0 Å². The summed E-state index contributed by atoms with van der Waals surface area (Å²) in [7, 11) is 1.61. The number of fused-ring (bicyclic) bond motifs is 1. The Morgan fingerprint density at radius 2 is 1.75 bits per heavy atom. The summed E-state index contributed by atoms with van der Waals surface area (Å²) >= 11 is 0. The molecule has 0 aliphatic rings. The Labute approximate surface area is 161 Å². The number of hydrogen-bond acceptors (Lipinski definition) is 3. The first kappa shape index (κ1) is 19.1. The summed E-state index contributed by atoms with van der Waals surface area (Å²) in [5.41, 5.74) is 1.28. The smallest absolute Gasteiger partial charge is 0.337 e. The molecule has 0 radical (unpaired) electrons. The number of halogens is 1. The normalized spacial score (nSPS) is 11.3. The Morgan fingerprint density at radius 3 is 2.46 bits per heavy atom. The first-order valence-corrected chi connectivity index (χ1v) is 8.47. The van der Waals surface area contributed by atoms with Crippen molar-refractivity contribution in [1.29, 1.82) is 0 Å². The van der Waals surface area contributed by atoms with E-state index in [2.05, 4.69) is 5.32 Å². The highest BCUT2D eigenvalue weighted by atomic mass is 19.1. The molecule has 0 aliphatic heterocycles. The van der Waals surface area contributed by atoms with E-state index in [1.54, 1.807) is 14.0 Å². The quantitative estimate of drug-likeness (QED) is 0.629. The van der Waals surface area contributed by atoms with Crippen LogP contribution in [0.5, 0.6) is 5.75 Å². The Bertz CT molecular complexity index is 1100. The number of nitrogens with one attached hydrogen (secondary N) is 1. The number of hydrogen-bond donors (Lipinski definition) is 2. The highest BCUT2D eigenvalue weighted by Crippen LogP contribution is 2.25. The van der Waals surface area contributed by atoms with Crippen molar-refractivity contribution in [2.24, 2.45) is 0 Å². The van der Waals surface area contributed by atoms with E-state index in [1.165, 1.54) is 12.1 Å². The molecule has 5 nitrogen and oxygen atoms in total. The Morgan fingerprint density at radius 1 is 1.04 bits per heavy atom. The molecule has 0 spiro atoms. The lowest BCUT2D eigenvalue weighted by molar-refractivity contribution is -0.111. The van der Waals surface area contributed by atoms with Gasteiger partial charge in [0.25, 0.3) is 0 Å². The van der Waals surface area contributed by atoms with Gasteiger partial charge < -0.3 is 15.2 Å². The van der Waals surface area contributed by atoms with Gasteiger partial charge in [0.1, 0.15) is 11.6 Å². The molecule has 6 heteroatoms. The minimum absolute atomic E-state index is 0.0357. The van der Waals surface area contributed by atoms with Crippen LogP contribution in [-0.4, -0.2) is 24.1 Å². The molecule has 3 rings (SSSR count). The number of benzene rings is 3. The van der Waals surface area contributed by atoms with Crippen LogP contribution in [0.25, 0.3) is 16.3 Å². The summed E-state index contributed by atoms with van der Waals surface area (Å²) in [6.45, 7) is 1.78. The third-order valence-electron chi connectivity index (χ3n) is 4.32. The molecule has 0 heterocycles. The van der Waals surface area contributed by atoms with Crippen LogP contribution in [0.3, 0.4) is 0 Å². The van der Waals surface area contributed by atoms with E-state index in [-0.39, 0.29) is 11.3 Å². The van der Waals surface area contributed by atoms with Crippen LogP contribution in [0.4, 0.5) is 10.1 Å². The number of aromatic carboxylic acids is 1. The molecular formula is C22H18FNO4. The number of methoxy groups -OCH3 is 1. The summed E-state index contributed by atoms with van der Waals surface area (Å²) in [5.74, 6) is -1.74. The van der Waals surface area contributed by atoms with Crippen LogP contribution in [0, 0.1) is 5.82 Å². The fourth-order valence-electron chi connectivity index (χ4n) is 2.85. The van der Waals surface area contributed by atoms with E-state index < -0.39 is 17.7 Å². The molecule has 0 unspecified atom stereocenters. The van der Waals surface area contributed by atoms with Crippen molar-refractivity contribution in [2.75, 3.05) is 12.4 Å².